The number of benzene rings is 1. The molecule has 39 heavy (non-hydrogen) atoms. The van der Waals surface area contributed by atoms with E-state index in [1.165, 1.54) is 41.7 Å². The van der Waals surface area contributed by atoms with Crippen LogP contribution >= 0.6 is 23.2 Å². The first kappa shape index (κ1) is 26.9. The molecule has 14 heteroatoms. The number of rotatable bonds is 8. The van der Waals surface area contributed by atoms with Crippen molar-refractivity contribution < 1.29 is 22.2 Å². The molecule has 1 fully saturated rings. The summed E-state index contributed by atoms with van der Waals surface area (Å²) < 4.78 is 30.7. The highest BCUT2D eigenvalue weighted by molar-refractivity contribution is 7.87. The zero-order chi connectivity index (χ0) is 27.6. The molecule has 0 saturated heterocycles. The Morgan fingerprint density at radius 1 is 1.05 bits per heavy atom. The van der Waals surface area contributed by atoms with Crippen molar-refractivity contribution in [3.63, 3.8) is 0 Å². The Hall–Kier alpha value is -3.74. The molecule has 3 heterocycles. The van der Waals surface area contributed by atoms with Crippen LogP contribution in [0, 0.1) is 5.92 Å². The Bertz CT molecular complexity index is 1550. The number of nitrogens with zero attached hydrogens (tertiary/aromatic N) is 4. The van der Waals surface area contributed by atoms with Crippen molar-refractivity contribution in [3.05, 3.63) is 76.5 Å². The lowest BCUT2D eigenvalue weighted by molar-refractivity contribution is -0.117. The van der Waals surface area contributed by atoms with Gasteiger partial charge >= 0.3 is 10.1 Å². The number of halogens is 2. The lowest BCUT2D eigenvalue weighted by Crippen LogP contribution is -2.39. The van der Waals surface area contributed by atoms with Gasteiger partial charge in [0, 0.05) is 24.0 Å². The molecule has 5 rings (SSSR count). The summed E-state index contributed by atoms with van der Waals surface area (Å²) in [6, 6.07) is 10.9. The van der Waals surface area contributed by atoms with E-state index < -0.39 is 22.1 Å². The smallest absolute Gasteiger partial charge is 0.358 e. The van der Waals surface area contributed by atoms with Gasteiger partial charge in [-0.1, -0.05) is 29.3 Å². The van der Waals surface area contributed by atoms with Crippen molar-refractivity contribution in [2.75, 3.05) is 16.9 Å². The predicted octanol–water partition coefficient (Wildman–Crippen LogP) is 3.86. The maximum atomic E-state index is 13.5. The molecule has 1 aromatic carbocycles. The van der Waals surface area contributed by atoms with E-state index in [1.807, 2.05) is 0 Å². The molecule has 3 aromatic rings. The van der Waals surface area contributed by atoms with Gasteiger partial charge in [-0.25, -0.2) is 15.0 Å². The standard InChI is InChI=1S/C25H22Cl2N6O5S/c26-16-8-9-19(17(12-16)24(34)30-14-15-6-7-15)31-25(35)20-13-21(32-33(20)23-18(27)4-3-11-29-23)38-39(36,37)22-5-1-2-10-28-22/h1-5,8-12,15,20H,6-7,13-14H2,(H,30,34)(H,31,35). The van der Waals surface area contributed by atoms with Gasteiger partial charge in [0.15, 0.2) is 10.8 Å². The summed E-state index contributed by atoms with van der Waals surface area (Å²) in [5.74, 6) is -0.669. The normalized spacial score (nSPS) is 16.9. The maximum absolute atomic E-state index is 13.5. The monoisotopic (exact) mass is 588 g/mol. The fraction of sp³-hybridized carbons (Fsp3) is 0.240. The highest BCUT2D eigenvalue weighted by atomic mass is 35.5. The quantitative estimate of drug-likeness (QED) is 0.377. The molecule has 0 radical (unpaired) electrons. The molecule has 1 saturated carbocycles. The van der Waals surface area contributed by atoms with Crippen LogP contribution < -0.4 is 15.6 Å². The Morgan fingerprint density at radius 2 is 1.85 bits per heavy atom. The largest absolute Gasteiger partial charge is 0.360 e. The number of nitrogens with one attached hydrogen (secondary N) is 2. The number of amides is 2. The molecule has 1 aliphatic carbocycles. The van der Waals surface area contributed by atoms with Gasteiger partial charge in [0.25, 0.3) is 5.91 Å². The molecular formula is C25H22Cl2N6O5S. The average molecular weight is 589 g/mol. The van der Waals surface area contributed by atoms with Gasteiger partial charge in [-0.2, -0.15) is 8.42 Å². The Kier molecular flexibility index (Phi) is 7.69. The van der Waals surface area contributed by atoms with Crippen LogP contribution in [0.3, 0.4) is 0 Å². The molecule has 0 bridgehead atoms. The number of pyridine rings is 2. The highest BCUT2D eigenvalue weighted by Crippen LogP contribution is 2.32. The third-order valence-corrected chi connectivity index (χ3v) is 7.67. The number of hydrogen-bond donors (Lipinski definition) is 2. The van der Waals surface area contributed by atoms with Crippen molar-refractivity contribution in [2.24, 2.45) is 11.0 Å². The minimum atomic E-state index is -4.32. The van der Waals surface area contributed by atoms with Crippen LogP contribution in [0.1, 0.15) is 29.6 Å². The van der Waals surface area contributed by atoms with Crippen molar-refractivity contribution in [2.45, 2.75) is 30.3 Å². The Morgan fingerprint density at radius 3 is 2.56 bits per heavy atom. The van der Waals surface area contributed by atoms with Crippen LogP contribution in [0.4, 0.5) is 11.5 Å². The van der Waals surface area contributed by atoms with Gasteiger partial charge in [-0.3, -0.25) is 9.59 Å². The fourth-order valence-corrected chi connectivity index (χ4v) is 5.08. The molecule has 2 aromatic heterocycles. The van der Waals surface area contributed by atoms with Crippen molar-refractivity contribution in [1.29, 1.82) is 0 Å². The molecule has 1 atom stereocenters. The zero-order valence-corrected chi connectivity index (χ0v) is 22.6. The summed E-state index contributed by atoms with van der Waals surface area (Å²) in [7, 11) is -4.32. The van der Waals surface area contributed by atoms with Crippen LogP contribution in [-0.2, 0) is 19.1 Å². The second-order valence-corrected chi connectivity index (χ2v) is 11.2. The van der Waals surface area contributed by atoms with Crippen LogP contribution in [-0.4, -0.2) is 48.7 Å². The van der Waals surface area contributed by atoms with Crippen LogP contribution in [0.2, 0.25) is 10.0 Å². The number of hydrazone groups is 1. The lowest BCUT2D eigenvalue weighted by Gasteiger charge is -2.22. The third-order valence-electron chi connectivity index (χ3n) is 5.97. The highest BCUT2D eigenvalue weighted by Gasteiger charge is 2.39. The Balaban J connectivity index is 1.40. The first-order valence-electron chi connectivity index (χ1n) is 11.9. The number of aromatic nitrogens is 2. The summed E-state index contributed by atoms with van der Waals surface area (Å²) in [4.78, 5) is 34.4. The van der Waals surface area contributed by atoms with E-state index in [0.29, 0.717) is 17.5 Å². The van der Waals surface area contributed by atoms with Gasteiger partial charge in [-0.15, -0.1) is 5.10 Å². The van der Waals surface area contributed by atoms with Crippen molar-refractivity contribution >= 4 is 62.5 Å². The fourth-order valence-electron chi connectivity index (χ4n) is 3.83. The van der Waals surface area contributed by atoms with E-state index in [4.69, 9.17) is 27.4 Å². The average Bonchev–Trinajstić information content (AvgIpc) is 3.67. The van der Waals surface area contributed by atoms with Gasteiger partial charge in [-0.05, 0) is 61.2 Å². The van der Waals surface area contributed by atoms with Crippen LogP contribution in [0.25, 0.3) is 0 Å². The lowest BCUT2D eigenvalue weighted by atomic mass is 10.1. The Labute approximate surface area is 234 Å². The summed E-state index contributed by atoms with van der Waals surface area (Å²) >= 11 is 12.4. The summed E-state index contributed by atoms with van der Waals surface area (Å²) in [5, 5.41) is 11.2. The molecule has 0 spiro atoms. The van der Waals surface area contributed by atoms with Gasteiger partial charge in [0.1, 0.15) is 6.04 Å². The van der Waals surface area contributed by atoms with Crippen molar-refractivity contribution in [1.82, 2.24) is 15.3 Å². The van der Waals surface area contributed by atoms with Crippen LogP contribution in [0.5, 0.6) is 0 Å². The van der Waals surface area contributed by atoms with E-state index in [-0.39, 0.29) is 45.3 Å². The molecule has 2 N–H and O–H groups in total. The second kappa shape index (κ2) is 11.2. The van der Waals surface area contributed by atoms with Crippen molar-refractivity contribution in [3.8, 4) is 0 Å². The first-order chi connectivity index (χ1) is 18.7. The number of anilines is 2. The minimum absolute atomic E-state index is 0.117. The molecule has 202 valence electrons. The summed E-state index contributed by atoms with van der Waals surface area (Å²) in [5.41, 5.74) is 0.410. The molecular weight excluding hydrogens is 567 g/mol. The number of carbonyl (C=O) groups is 2. The van der Waals surface area contributed by atoms with E-state index >= 15 is 0 Å². The summed E-state index contributed by atoms with van der Waals surface area (Å²) in [6.07, 6.45) is 4.66. The summed E-state index contributed by atoms with van der Waals surface area (Å²) in [6.45, 7) is 0.534. The van der Waals surface area contributed by atoms with E-state index in [0.717, 1.165) is 12.8 Å². The topological polar surface area (TPSA) is 143 Å². The molecule has 11 nitrogen and oxygen atoms in total. The maximum Gasteiger partial charge on any atom is 0.358 e. The molecule has 2 amide bonds. The second-order valence-electron chi connectivity index (χ2n) is 8.91. The van der Waals surface area contributed by atoms with E-state index in [9.17, 15) is 18.0 Å². The molecule has 2 aliphatic rings. The SMILES string of the molecule is O=C(NCC1CC1)c1cc(Cl)ccc1NC(=O)C1CC(OS(=O)(=O)c2ccccn2)=NN1c1ncccc1Cl. The van der Waals surface area contributed by atoms with Gasteiger partial charge in [0.05, 0.1) is 22.7 Å². The number of hydrogen-bond acceptors (Lipinski definition) is 9. The predicted molar refractivity (Wildman–Crippen MR) is 145 cm³/mol. The third kappa shape index (κ3) is 6.29. The van der Waals surface area contributed by atoms with Gasteiger partial charge < -0.3 is 14.8 Å². The number of carbonyl (C=O) groups excluding carboxylic acids is 2. The first-order valence-corrected chi connectivity index (χ1v) is 14.1. The van der Waals surface area contributed by atoms with Crippen LogP contribution in [0.15, 0.2) is 71.1 Å². The molecule has 1 unspecified atom stereocenters. The van der Waals surface area contributed by atoms with Gasteiger partial charge in [0.2, 0.25) is 11.8 Å². The zero-order valence-electron chi connectivity index (χ0n) is 20.3. The van der Waals surface area contributed by atoms with E-state index in [1.54, 1.807) is 24.3 Å². The molecule has 1 aliphatic heterocycles. The minimum Gasteiger partial charge on any atom is -0.360 e. The van der Waals surface area contributed by atoms with E-state index in [2.05, 4.69) is 25.7 Å².